The number of nitrogens with one attached hydrogen (secondary N) is 7. The van der Waals surface area contributed by atoms with Gasteiger partial charge in [0, 0.05) is 85.8 Å². The van der Waals surface area contributed by atoms with Gasteiger partial charge in [-0.3, -0.25) is 0 Å². The highest BCUT2D eigenvalue weighted by Gasteiger charge is 2.22. The first-order chi connectivity index (χ1) is 55.1. The standard InChI is InChI=1S/C21H16BrFN6.C21H17BrN6.C21H23BrN6.C21H17BrN6/c1-12-26-17-7-6-13(8-19(17)27-12)10-24-20-9-18(14-4-2-3-5-16(14)23)28-21-15(22)11-25-29(20)21;1-27-13-24-18-9-14(7-8-19(18)27)11-23-20-10-17(15-5-3-2-4-6-15)26-21-16(22)12-25-28(20)21;2*1-13-25-17-8-7-14(9-19(17)26-13)11-23-20-10-18(15-5-3-2-4-6-15)27-21-16(22)12-24-28(20)21/h2-9,11,24H,10H2,1H3,(H,26,27);2-10,12-13,23H,11H2,1H3;7-10,12,15,23H,2-6,11H2,1H3,(H,25,26);2-10,12,23H,11H2,1H3,(H,25,26). The minimum absolute atomic E-state index is 0.314. The zero-order valence-electron chi connectivity index (χ0n) is 61.6. The number of H-pyrrole nitrogens is 3. The minimum Gasteiger partial charge on any atom is -0.366 e. The van der Waals surface area contributed by atoms with E-state index < -0.39 is 0 Å². The lowest BCUT2D eigenvalue weighted by molar-refractivity contribution is 0.437. The molecule has 7 aromatic carbocycles. The number of aromatic amines is 3. The molecule has 0 amide bonds. The van der Waals surface area contributed by atoms with Crippen molar-refractivity contribution in [3.8, 4) is 33.8 Å². The molecule has 29 heteroatoms. The maximum absolute atomic E-state index is 14.3. The van der Waals surface area contributed by atoms with Gasteiger partial charge in [0.05, 0.1) is 110 Å². The van der Waals surface area contributed by atoms with Gasteiger partial charge in [0.25, 0.3) is 0 Å². The van der Waals surface area contributed by atoms with Crippen molar-refractivity contribution in [2.24, 2.45) is 7.05 Å². The normalized spacial score (nSPS) is 12.4. The fraction of sp³-hybridized carbons (Fsp3) is 0.167. The van der Waals surface area contributed by atoms with Crippen LogP contribution in [0.5, 0.6) is 0 Å². The third-order valence-electron chi connectivity index (χ3n) is 19.7. The molecule has 24 nitrogen and oxygen atoms in total. The van der Waals surface area contributed by atoms with E-state index in [2.05, 4.69) is 230 Å². The smallest absolute Gasteiger partial charge is 0.172 e. The molecule has 1 fully saturated rings. The monoisotopic (exact) mass is 1750 g/mol. The van der Waals surface area contributed by atoms with Crippen molar-refractivity contribution in [2.75, 3.05) is 21.3 Å². The van der Waals surface area contributed by atoms with Crippen LogP contribution in [0.15, 0.2) is 231 Å². The Morgan fingerprint density at radius 3 is 1.22 bits per heavy atom. The first kappa shape index (κ1) is 73.7. The Balaban J connectivity index is 0.000000109. The molecule has 0 bridgehead atoms. The molecule has 0 aliphatic heterocycles. The molecule has 19 aromatic rings. The number of nitrogens with zero attached hydrogens (tertiary/aromatic N) is 17. The molecule has 7 N–H and O–H groups in total. The number of aryl methyl sites for hydroxylation is 4. The molecule has 1 aliphatic rings. The van der Waals surface area contributed by atoms with E-state index in [0.717, 1.165) is 159 Å². The summed E-state index contributed by atoms with van der Waals surface area (Å²) in [6, 6.07) is 60.0. The Morgan fingerprint density at radius 1 is 0.398 bits per heavy atom. The van der Waals surface area contributed by atoms with Gasteiger partial charge in [0.1, 0.15) is 46.6 Å². The molecule has 0 unspecified atom stereocenters. The van der Waals surface area contributed by atoms with E-state index in [0.29, 0.717) is 49.0 Å². The molecule has 1 saturated carbocycles. The van der Waals surface area contributed by atoms with Crippen LogP contribution in [-0.2, 0) is 33.2 Å². The number of rotatable bonds is 16. The zero-order valence-corrected chi connectivity index (χ0v) is 68.0. The van der Waals surface area contributed by atoms with Crippen LogP contribution in [0, 0.1) is 26.6 Å². The Labute approximate surface area is 680 Å². The van der Waals surface area contributed by atoms with Gasteiger partial charge in [-0.2, -0.15) is 38.5 Å². The van der Waals surface area contributed by atoms with Crippen LogP contribution in [0.3, 0.4) is 0 Å². The third-order valence-corrected chi connectivity index (χ3v) is 22.0. The average molecular weight is 1760 g/mol. The average Bonchev–Trinajstić information content (AvgIpc) is 1.71. The summed E-state index contributed by atoms with van der Waals surface area (Å²) in [6.07, 6.45) is 15.3. The third kappa shape index (κ3) is 16.1. The highest BCUT2D eigenvalue weighted by atomic mass is 79.9. The van der Waals surface area contributed by atoms with Gasteiger partial charge >= 0.3 is 0 Å². The Morgan fingerprint density at radius 2 is 0.779 bits per heavy atom. The van der Waals surface area contributed by atoms with Crippen molar-refractivity contribution in [1.29, 1.82) is 0 Å². The Hall–Kier alpha value is -12.1. The van der Waals surface area contributed by atoms with E-state index in [-0.39, 0.29) is 5.82 Å². The van der Waals surface area contributed by atoms with Crippen LogP contribution in [0.25, 0.3) is 100 Å². The number of halogens is 5. The highest BCUT2D eigenvalue weighted by Crippen LogP contribution is 2.36. The van der Waals surface area contributed by atoms with E-state index in [9.17, 15) is 4.39 Å². The Kier molecular flexibility index (Phi) is 21.1. The zero-order chi connectivity index (χ0) is 77.2. The maximum atomic E-state index is 14.3. The highest BCUT2D eigenvalue weighted by molar-refractivity contribution is 9.11. The van der Waals surface area contributed by atoms with Crippen LogP contribution in [-0.4, -0.2) is 97.8 Å². The SMILES string of the molecule is Cc1nc2ccc(CNc3cc(-c4ccccc4)nc4c(Br)cnn34)cc2[nH]1.Cc1nc2ccc(CNc3cc(-c4ccccc4F)nc4c(Br)cnn34)cc2[nH]1.Cc1nc2ccc(CNc3cc(C4CCCCC4)nc4c(Br)cnn34)cc2[nH]1.Cn1cnc2cc(CNc3cc(-c4ccccc4)nc4c(Br)cnn34)ccc21. The molecule has 12 aromatic heterocycles. The fourth-order valence-electron chi connectivity index (χ4n) is 14.1. The summed E-state index contributed by atoms with van der Waals surface area (Å²) in [5.74, 6) is 6.45. The summed E-state index contributed by atoms with van der Waals surface area (Å²) >= 11 is 14.2. The maximum Gasteiger partial charge on any atom is 0.172 e. The first-order valence-electron chi connectivity index (χ1n) is 36.9. The van der Waals surface area contributed by atoms with E-state index >= 15 is 0 Å². The van der Waals surface area contributed by atoms with E-state index in [4.69, 9.17) is 15.0 Å². The predicted molar refractivity (Wildman–Crippen MR) is 457 cm³/mol. The lowest BCUT2D eigenvalue weighted by Gasteiger charge is -2.22. The predicted octanol–water partition coefficient (Wildman–Crippen LogP) is 20.0. The summed E-state index contributed by atoms with van der Waals surface area (Å²) in [6.45, 7) is 8.50. The number of hydrogen-bond acceptors (Lipinski definition) is 16. The van der Waals surface area contributed by atoms with Gasteiger partial charge in [0.2, 0.25) is 0 Å². The molecule has 0 saturated heterocycles. The fourth-order valence-corrected chi connectivity index (χ4v) is 15.5. The summed E-state index contributed by atoms with van der Waals surface area (Å²) in [7, 11) is 2.00. The van der Waals surface area contributed by atoms with E-state index in [1.807, 2.05) is 131 Å². The van der Waals surface area contributed by atoms with Crippen molar-refractivity contribution >= 4 is 154 Å². The lowest BCUT2D eigenvalue weighted by atomic mass is 9.87. The minimum atomic E-state index is -0.314. The molecule has 0 radical (unpaired) electrons. The second-order valence-electron chi connectivity index (χ2n) is 27.7. The molecule has 0 atom stereocenters. The van der Waals surface area contributed by atoms with Crippen LogP contribution in [0.1, 0.15) is 83.4 Å². The number of anilines is 4. The molecule has 564 valence electrons. The van der Waals surface area contributed by atoms with Gasteiger partial charge in [-0.1, -0.05) is 116 Å². The molecule has 0 spiro atoms. The molecule has 20 rings (SSSR count). The van der Waals surface area contributed by atoms with Gasteiger partial charge in [-0.15, -0.1) is 0 Å². The van der Waals surface area contributed by atoms with Gasteiger partial charge in [-0.25, -0.2) is 44.3 Å². The van der Waals surface area contributed by atoms with Crippen LogP contribution in [0.4, 0.5) is 27.7 Å². The first-order valence-corrected chi connectivity index (χ1v) is 40.0. The van der Waals surface area contributed by atoms with Crippen LogP contribution < -0.4 is 21.3 Å². The summed E-state index contributed by atoms with van der Waals surface area (Å²) in [5.41, 5.74) is 21.9. The summed E-state index contributed by atoms with van der Waals surface area (Å²) in [5, 5.41) is 31.8. The number of aromatic nitrogens is 20. The van der Waals surface area contributed by atoms with Gasteiger partial charge < -0.3 is 40.8 Å². The molecule has 12 heterocycles. The number of hydrogen-bond donors (Lipinski definition) is 7. The Bertz CT molecular complexity index is 6540. The number of benzene rings is 7. The van der Waals surface area contributed by atoms with Crippen molar-refractivity contribution in [3.05, 3.63) is 282 Å². The summed E-state index contributed by atoms with van der Waals surface area (Å²) in [4.78, 5) is 46.7. The van der Waals surface area contributed by atoms with Crippen molar-refractivity contribution in [1.82, 2.24) is 97.8 Å². The molecular formula is C84H73Br4FN24. The largest absolute Gasteiger partial charge is 0.366 e. The molecule has 113 heavy (non-hydrogen) atoms. The number of imidazole rings is 4. The van der Waals surface area contributed by atoms with Gasteiger partial charge in [-0.05, 0) is 180 Å². The van der Waals surface area contributed by atoms with Crippen molar-refractivity contribution in [3.63, 3.8) is 0 Å². The second-order valence-corrected chi connectivity index (χ2v) is 31.1. The molecular weight excluding hydrogens is 1680 g/mol. The summed E-state index contributed by atoms with van der Waals surface area (Å²) < 4.78 is 27.0. The van der Waals surface area contributed by atoms with E-state index in [1.54, 1.807) is 41.3 Å². The molecule has 1 aliphatic carbocycles. The topological polar surface area (TPSA) is 273 Å². The quantitative estimate of drug-likeness (QED) is 0.0474. The van der Waals surface area contributed by atoms with Crippen molar-refractivity contribution in [2.45, 2.75) is 85.0 Å². The number of fused-ring (bicyclic) bond motifs is 8. The second kappa shape index (κ2) is 32.3. The van der Waals surface area contributed by atoms with Crippen molar-refractivity contribution < 1.29 is 4.39 Å². The van der Waals surface area contributed by atoms with Gasteiger partial charge in [0.15, 0.2) is 22.6 Å². The van der Waals surface area contributed by atoms with E-state index in [1.165, 1.54) is 49.4 Å². The lowest BCUT2D eigenvalue weighted by Crippen LogP contribution is -2.11. The van der Waals surface area contributed by atoms with Crippen LogP contribution in [0.2, 0.25) is 0 Å². The van der Waals surface area contributed by atoms with Crippen LogP contribution >= 0.6 is 63.7 Å².